The van der Waals surface area contributed by atoms with E-state index in [1.165, 1.54) is 13.0 Å². The number of hydrogen-bond acceptors (Lipinski definition) is 3. The molecule has 1 heterocycles. The highest BCUT2D eigenvalue weighted by Crippen LogP contribution is 2.43. The first-order valence-electron chi connectivity index (χ1n) is 13.7. The van der Waals surface area contributed by atoms with Crippen LogP contribution in [-0.4, -0.2) is 22.1 Å². The van der Waals surface area contributed by atoms with Gasteiger partial charge in [0.05, 0.1) is 29.3 Å². The highest BCUT2D eigenvalue weighted by atomic mass is 19.4. The number of nitrogens with zero attached hydrogens (tertiary/aromatic N) is 1. The molecular weight excluding hydrogens is 629 g/mol. The highest BCUT2D eigenvalue weighted by molar-refractivity contribution is 5.81. The van der Waals surface area contributed by atoms with Gasteiger partial charge in [0.1, 0.15) is 11.9 Å². The molecule has 242 valence electrons. The van der Waals surface area contributed by atoms with E-state index < -0.39 is 65.6 Å². The number of amides is 1. The number of alkyl halides is 9. The number of phenols is 1. The molecule has 1 saturated heterocycles. The van der Waals surface area contributed by atoms with Crippen molar-refractivity contribution in [1.82, 2.24) is 4.90 Å². The zero-order chi connectivity index (χ0) is 33.8. The molecule has 4 nitrogen and oxygen atoms in total. The summed E-state index contributed by atoms with van der Waals surface area (Å²) in [6.07, 6.45) is -17.9. The normalized spacial score (nSPS) is 17.4. The lowest BCUT2D eigenvalue weighted by Gasteiger charge is -2.24. The molecule has 4 aromatic rings. The fourth-order valence-corrected chi connectivity index (χ4v) is 5.47. The maximum absolute atomic E-state index is 13.8. The summed E-state index contributed by atoms with van der Waals surface area (Å²) in [7, 11) is 0. The van der Waals surface area contributed by atoms with Crippen LogP contribution in [0.3, 0.4) is 0 Å². The number of carbonyl (C=O) groups is 1. The molecule has 0 unspecified atom stereocenters. The second-order valence-electron chi connectivity index (χ2n) is 10.9. The predicted molar refractivity (Wildman–Crippen MR) is 149 cm³/mol. The number of carbonyl (C=O) groups excluding carboxylic acids is 1. The summed E-state index contributed by atoms with van der Waals surface area (Å²) in [6, 6.07) is 14.2. The number of hydrogen-bond donors (Lipinski definition) is 1. The summed E-state index contributed by atoms with van der Waals surface area (Å²) in [5.41, 5.74) is -2.43. The van der Waals surface area contributed by atoms with Gasteiger partial charge in [0.2, 0.25) is 0 Å². The lowest BCUT2D eigenvalue weighted by molar-refractivity contribution is -0.143. The third-order valence-corrected chi connectivity index (χ3v) is 7.85. The van der Waals surface area contributed by atoms with Crippen molar-refractivity contribution in [2.45, 2.75) is 51.1 Å². The Balaban J connectivity index is 1.57. The topological polar surface area (TPSA) is 49.8 Å². The van der Waals surface area contributed by atoms with E-state index in [0.29, 0.717) is 17.7 Å². The van der Waals surface area contributed by atoms with Gasteiger partial charge in [-0.3, -0.25) is 4.90 Å². The van der Waals surface area contributed by atoms with Gasteiger partial charge in [-0.1, -0.05) is 36.4 Å². The van der Waals surface area contributed by atoms with Crippen LogP contribution in [0.25, 0.3) is 22.3 Å². The molecule has 0 spiro atoms. The Morgan fingerprint density at radius 2 is 1.33 bits per heavy atom. The van der Waals surface area contributed by atoms with E-state index in [1.807, 2.05) is 25.1 Å². The van der Waals surface area contributed by atoms with E-state index >= 15 is 0 Å². The molecule has 0 bridgehead atoms. The molecule has 2 atom stereocenters. The van der Waals surface area contributed by atoms with Gasteiger partial charge in [0.25, 0.3) is 0 Å². The quantitative estimate of drug-likeness (QED) is 0.218. The first kappa shape index (κ1) is 32.7. The Morgan fingerprint density at radius 3 is 1.91 bits per heavy atom. The molecule has 0 aliphatic carbocycles. The van der Waals surface area contributed by atoms with Gasteiger partial charge < -0.3 is 9.84 Å². The van der Waals surface area contributed by atoms with Crippen molar-refractivity contribution in [2.24, 2.45) is 0 Å². The van der Waals surface area contributed by atoms with Gasteiger partial charge in [-0.2, -0.15) is 39.5 Å². The van der Waals surface area contributed by atoms with Crippen LogP contribution in [0.5, 0.6) is 5.75 Å². The molecule has 1 fully saturated rings. The van der Waals surface area contributed by atoms with E-state index in [1.54, 1.807) is 18.2 Å². The zero-order valence-corrected chi connectivity index (χ0v) is 24.0. The van der Waals surface area contributed by atoms with Crippen LogP contribution < -0.4 is 0 Å². The molecular formula is C33H24F9NO3. The van der Waals surface area contributed by atoms with Gasteiger partial charge in [-0.15, -0.1) is 0 Å². The standard InChI is InChI=1S/C33H24F9NO3/c1-17-5-3-4-6-25(17)19-7-10-28(44)27(14-19)26-9-8-22(31(34,35)36)13-21(26)16-43-18(2)29(46-30(43)45)20-11-23(32(37,38)39)15-24(12-20)33(40,41)42/h3-15,18,29,44H,16H2,1-2H3/t18-,29-/m0/s1. The van der Waals surface area contributed by atoms with Crippen molar-refractivity contribution in [2.75, 3.05) is 0 Å². The predicted octanol–water partition coefficient (Wildman–Crippen LogP) is 10.2. The van der Waals surface area contributed by atoms with Crippen molar-refractivity contribution in [3.05, 3.63) is 112 Å². The molecule has 0 radical (unpaired) electrons. The number of cyclic esters (lactones) is 1. The molecule has 0 saturated carbocycles. The second kappa shape index (κ2) is 11.6. The third-order valence-electron chi connectivity index (χ3n) is 7.85. The van der Waals surface area contributed by atoms with E-state index in [4.69, 9.17) is 4.74 Å². The largest absolute Gasteiger partial charge is 0.507 e. The lowest BCUT2D eigenvalue weighted by Crippen LogP contribution is -2.32. The molecule has 1 amide bonds. The number of phenolic OH excluding ortho intramolecular Hbond substituents is 1. The highest BCUT2D eigenvalue weighted by Gasteiger charge is 2.44. The second-order valence-corrected chi connectivity index (χ2v) is 10.9. The minimum atomic E-state index is -5.15. The summed E-state index contributed by atoms with van der Waals surface area (Å²) >= 11 is 0. The first-order chi connectivity index (χ1) is 21.3. The summed E-state index contributed by atoms with van der Waals surface area (Å²) in [5.74, 6) is -0.281. The summed E-state index contributed by atoms with van der Waals surface area (Å²) in [4.78, 5) is 13.9. The van der Waals surface area contributed by atoms with Crippen molar-refractivity contribution in [1.29, 1.82) is 0 Å². The lowest BCUT2D eigenvalue weighted by atomic mass is 9.92. The minimum Gasteiger partial charge on any atom is -0.507 e. The van der Waals surface area contributed by atoms with Gasteiger partial charge in [0, 0.05) is 5.56 Å². The Morgan fingerprint density at radius 1 is 0.717 bits per heavy atom. The number of benzene rings is 4. The molecule has 13 heteroatoms. The van der Waals surface area contributed by atoms with Gasteiger partial charge in [-0.05, 0) is 89.7 Å². The molecule has 0 aromatic heterocycles. The van der Waals surface area contributed by atoms with Crippen molar-refractivity contribution in [3.8, 4) is 28.0 Å². The average Bonchev–Trinajstić information content (AvgIpc) is 3.25. The Hall–Kier alpha value is -4.68. The van der Waals surface area contributed by atoms with E-state index in [9.17, 15) is 49.4 Å². The smallest absolute Gasteiger partial charge is 0.416 e. The number of aromatic hydroxyl groups is 1. The monoisotopic (exact) mass is 653 g/mol. The first-order valence-corrected chi connectivity index (χ1v) is 13.7. The van der Waals surface area contributed by atoms with Crippen LogP contribution in [0.2, 0.25) is 0 Å². The van der Waals surface area contributed by atoms with E-state index in [2.05, 4.69) is 0 Å². The Bertz CT molecular complexity index is 1760. The molecule has 1 aliphatic rings. The van der Waals surface area contributed by atoms with Gasteiger partial charge in [0.15, 0.2) is 0 Å². The Kier molecular flexibility index (Phi) is 8.24. The van der Waals surface area contributed by atoms with Gasteiger partial charge >= 0.3 is 24.6 Å². The summed E-state index contributed by atoms with van der Waals surface area (Å²) in [5, 5.41) is 10.8. The zero-order valence-electron chi connectivity index (χ0n) is 24.0. The molecule has 1 aliphatic heterocycles. The van der Waals surface area contributed by atoms with Crippen LogP contribution in [-0.2, 0) is 29.8 Å². The van der Waals surface area contributed by atoms with Crippen molar-refractivity contribution in [3.63, 3.8) is 0 Å². The maximum Gasteiger partial charge on any atom is 0.416 e. The molecule has 1 N–H and O–H groups in total. The SMILES string of the molecule is Cc1ccccc1-c1ccc(O)c(-c2ccc(C(F)(F)F)cc2CN2C(=O)O[C@H](c3cc(C(F)(F)F)cc(C(F)(F)F)c3)[C@@H]2C)c1. The Labute approximate surface area is 256 Å². The number of ether oxygens (including phenoxy) is 1. The maximum atomic E-state index is 13.8. The van der Waals surface area contributed by atoms with Crippen LogP contribution in [0, 0.1) is 6.92 Å². The third kappa shape index (κ3) is 6.49. The van der Waals surface area contributed by atoms with Crippen molar-refractivity contribution < 1.29 is 54.2 Å². The fraction of sp³-hybridized carbons (Fsp3) is 0.242. The minimum absolute atomic E-state index is 0.0604. The molecule has 46 heavy (non-hydrogen) atoms. The number of rotatable bonds is 5. The fourth-order valence-electron chi connectivity index (χ4n) is 5.47. The average molecular weight is 654 g/mol. The number of halogens is 9. The molecule has 4 aromatic carbocycles. The van der Waals surface area contributed by atoms with Crippen LogP contribution in [0.1, 0.15) is 46.4 Å². The summed E-state index contributed by atoms with van der Waals surface area (Å²) in [6.45, 7) is 2.58. The van der Waals surface area contributed by atoms with Crippen LogP contribution in [0.15, 0.2) is 78.9 Å². The van der Waals surface area contributed by atoms with Crippen LogP contribution >= 0.6 is 0 Å². The number of aryl methyl sites for hydroxylation is 1. The van der Waals surface area contributed by atoms with Gasteiger partial charge in [-0.25, -0.2) is 4.79 Å². The molecule has 5 rings (SSSR count). The van der Waals surface area contributed by atoms with Crippen LogP contribution in [0.4, 0.5) is 44.3 Å². The van der Waals surface area contributed by atoms with Crippen molar-refractivity contribution >= 4 is 6.09 Å². The summed E-state index contributed by atoms with van der Waals surface area (Å²) < 4.78 is 128. The van der Waals surface area contributed by atoms with E-state index in [0.717, 1.165) is 34.2 Å². The van der Waals surface area contributed by atoms with E-state index in [-0.39, 0.29) is 28.5 Å².